The van der Waals surface area contributed by atoms with E-state index >= 15 is 0 Å². The van der Waals surface area contributed by atoms with E-state index in [2.05, 4.69) is 29.6 Å². The molecule has 2 N–H and O–H groups in total. The molecule has 1 saturated heterocycles. The summed E-state index contributed by atoms with van der Waals surface area (Å²) in [5, 5.41) is 14.2. The molecule has 0 aromatic heterocycles. The zero-order valence-electron chi connectivity index (χ0n) is 10.3. The molecule has 0 unspecified atom stereocenters. The van der Waals surface area contributed by atoms with E-state index in [1.54, 1.807) is 0 Å². The van der Waals surface area contributed by atoms with Gasteiger partial charge in [-0.2, -0.15) is 0 Å². The number of aliphatic hydroxyl groups is 1. The van der Waals surface area contributed by atoms with Crippen molar-refractivity contribution in [1.82, 2.24) is 5.32 Å². The summed E-state index contributed by atoms with van der Waals surface area (Å²) in [5.74, 6) is 0.699. The molecule has 1 aromatic carbocycles. The molecule has 0 radical (unpaired) electrons. The summed E-state index contributed by atoms with van der Waals surface area (Å²) in [5.41, 5.74) is 2.02. The van der Waals surface area contributed by atoms with Crippen LogP contribution >= 0.6 is 0 Å². The SMILES string of the molecule is OC1(c2ccccc2C2CCC2)CCNCC1. The van der Waals surface area contributed by atoms with Crippen LogP contribution < -0.4 is 5.32 Å². The highest BCUT2D eigenvalue weighted by atomic mass is 16.3. The molecule has 17 heavy (non-hydrogen) atoms. The van der Waals surface area contributed by atoms with Crippen molar-refractivity contribution < 1.29 is 5.11 Å². The van der Waals surface area contributed by atoms with E-state index < -0.39 is 5.60 Å². The minimum Gasteiger partial charge on any atom is -0.385 e. The molecule has 1 aliphatic carbocycles. The van der Waals surface area contributed by atoms with Gasteiger partial charge in [0.25, 0.3) is 0 Å². The Bertz CT molecular complexity index is 392. The second-order valence-corrected chi connectivity index (χ2v) is 5.50. The zero-order valence-corrected chi connectivity index (χ0v) is 10.3. The van der Waals surface area contributed by atoms with Crippen molar-refractivity contribution in [1.29, 1.82) is 0 Å². The van der Waals surface area contributed by atoms with E-state index in [9.17, 15) is 5.11 Å². The van der Waals surface area contributed by atoms with Crippen LogP contribution in [-0.2, 0) is 5.60 Å². The number of benzene rings is 1. The first kappa shape index (κ1) is 11.2. The standard InChI is InChI=1S/C15H21NO/c17-15(8-10-16-11-9-15)14-7-2-1-6-13(14)12-4-3-5-12/h1-2,6-7,12,16-17H,3-5,8-11H2. The summed E-state index contributed by atoms with van der Waals surface area (Å²) >= 11 is 0. The van der Waals surface area contributed by atoms with Crippen LogP contribution in [0.3, 0.4) is 0 Å². The maximum absolute atomic E-state index is 10.9. The molecular weight excluding hydrogens is 210 g/mol. The lowest BCUT2D eigenvalue weighted by Crippen LogP contribution is -2.40. The van der Waals surface area contributed by atoms with Gasteiger partial charge >= 0.3 is 0 Å². The van der Waals surface area contributed by atoms with Gasteiger partial charge in [0.2, 0.25) is 0 Å². The van der Waals surface area contributed by atoms with Crippen molar-refractivity contribution >= 4 is 0 Å². The third-order valence-electron chi connectivity index (χ3n) is 4.44. The summed E-state index contributed by atoms with van der Waals surface area (Å²) in [6.45, 7) is 1.85. The topological polar surface area (TPSA) is 32.3 Å². The molecule has 3 rings (SSSR count). The summed E-state index contributed by atoms with van der Waals surface area (Å²) < 4.78 is 0. The molecule has 1 heterocycles. The Morgan fingerprint density at radius 1 is 1.12 bits per heavy atom. The van der Waals surface area contributed by atoms with Crippen molar-refractivity contribution in [2.24, 2.45) is 0 Å². The molecule has 1 aromatic rings. The average molecular weight is 231 g/mol. The van der Waals surface area contributed by atoms with Gasteiger partial charge in [0.1, 0.15) is 0 Å². The highest BCUT2D eigenvalue weighted by Crippen LogP contribution is 2.42. The predicted molar refractivity (Wildman–Crippen MR) is 69.0 cm³/mol. The fourth-order valence-electron chi connectivity index (χ4n) is 3.11. The van der Waals surface area contributed by atoms with Crippen LogP contribution in [0.5, 0.6) is 0 Å². The van der Waals surface area contributed by atoms with Crippen molar-refractivity contribution in [3.05, 3.63) is 35.4 Å². The maximum atomic E-state index is 10.9. The number of hydrogen-bond donors (Lipinski definition) is 2. The smallest absolute Gasteiger partial charge is 0.0923 e. The Balaban J connectivity index is 1.95. The zero-order chi connectivity index (χ0) is 11.7. The van der Waals surface area contributed by atoms with Gasteiger partial charge in [0, 0.05) is 0 Å². The van der Waals surface area contributed by atoms with Gasteiger partial charge in [0.15, 0.2) is 0 Å². The Kier molecular flexibility index (Phi) is 2.93. The van der Waals surface area contributed by atoms with Crippen LogP contribution in [0.2, 0.25) is 0 Å². The molecule has 2 nitrogen and oxygen atoms in total. The van der Waals surface area contributed by atoms with Crippen molar-refractivity contribution in [2.75, 3.05) is 13.1 Å². The minimum absolute atomic E-state index is 0.586. The second-order valence-electron chi connectivity index (χ2n) is 5.50. The van der Waals surface area contributed by atoms with E-state index in [1.165, 1.54) is 30.4 Å². The molecule has 2 aliphatic rings. The highest BCUT2D eigenvalue weighted by molar-refractivity contribution is 5.36. The lowest BCUT2D eigenvalue weighted by molar-refractivity contribution is 0.00449. The number of piperidine rings is 1. The van der Waals surface area contributed by atoms with Crippen LogP contribution in [0.4, 0.5) is 0 Å². The van der Waals surface area contributed by atoms with E-state index in [-0.39, 0.29) is 0 Å². The van der Waals surface area contributed by atoms with Crippen LogP contribution in [0.25, 0.3) is 0 Å². The van der Waals surface area contributed by atoms with Gasteiger partial charge in [-0.15, -0.1) is 0 Å². The second kappa shape index (κ2) is 4.43. The number of hydrogen-bond acceptors (Lipinski definition) is 2. The molecule has 0 atom stereocenters. The highest BCUT2D eigenvalue weighted by Gasteiger charge is 2.35. The van der Waals surface area contributed by atoms with Crippen molar-refractivity contribution in [3.8, 4) is 0 Å². The molecule has 2 heteroatoms. The normalized spacial score (nSPS) is 24.3. The van der Waals surface area contributed by atoms with Gasteiger partial charge in [0.05, 0.1) is 5.60 Å². The largest absolute Gasteiger partial charge is 0.385 e. The fourth-order valence-corrected chi connectivity index (χ4v) is 3.11. The molecule has 0 bridgehead atoms. The Morgan fingerprint density at radius 2 is 1.82 bits per heavy atom. The lowest BCUT2D eigenvalue weighted by Gasteiger charge is -2.37. The van der Waals surface area contributed by atoms with Gasteiger partial charge in [-0.1, -0.05) is 30.7 Å². The summed E-state index contributed by atoms with van der Waals surface area (Å²) in [4.78, 5) is 0. The molecule has 92 valence electrons. The van der Waals surface area contributed by atoms with Gasteiger partial charge in [-0.25, -0.2) is 0 Å². The maximum Gasteiger partial charge on any atom is 0.0923 e. The average Bonchev–Trinajstić information content (AvgIpc) is 2.28. The monoisotopic (exact) mass is 231 g/mol. The molecule has 2 fully saturated rings. The van der Waals surface area contributed by atoms with Crippen molar-refractivity contribution in [2.45, 2.75) is 43.6 Å². The van der Waals surface area contributed by atoms with E-state index in [4.69, 9.17) is 0 Å². The quantitative estimate of drug-likeness (QED) is 0.819. The number of rotatable bonds is 2. The van der Waals surface area contributed by atoms with Crippen LogP contribution in [0.15, 0.2) is 24.3 Å². The van der Waals surface area contributed by atoms with E-state index in [0.29, 0.717) is 5.92 Å². The third kappa shape index (κ3) is 2.00. The summed E-state index contributed by atoms with van der Waals surface area (Å²) in [6.07, 6.45) is 5.63. The Morgan fingerprint density at radius 3 is 2.47 bits per heavy atom. The summed E-state index contributed by atoms with van der Waals surface area (Å²) in [7, 11) is 0. The van der Waals surface area contributed by atoms with Crippen molar-refractivity contribution in [3.63, 3.8) is 0 Å². The van der Waals surface area contributed by atoms with Crippen LogP contribution in [-0.4, -0.2) is 18.2 Å². The first-order valence-corrected chi connectivity index (χ1v) is 6.82. The van der Waals surface area contributed by atoms with Gasteiger partial charge in [-0.05, 0) is 55.8 Å². The van der Waals surface area contributed by atoms with Crippen LogP contribution in [0, 0.1) is 0 Å². The number of nitrogens with one attached hydrogen (secondary N) is 1. The molecule has 0 amide bonds. The Hall–Kier alpha value is -0.860. The molecular formula is C15H21NO. The van der Waals surface area contributed by atoms with Gasteiger partial charge in [-0.3, -0.25) is 0 Å². The first-order valence-electron chi connectivity index (χ1n) is 6.82. The molecule has 1 aliphatic heterocycles. The molecule has 0 spiro atoms. The first-order chi connectivity index (χ1) is 8.30. The van der Waals surface area contributed by atoms with E-state index in [1.807, 2.05) is 0 Å². The predicted octanol–water partition coefficient (Wildman–Crippen LogP) is 2.53. The van der Waals surface area contributed by atoms with E-state index in [0.717, 1.165) is 25.9 Å². The lowest BCUT2D eigenvalue weighted by atomic mass is 9.73. The Labute approximate surface area is 103 Å². The summed E-state index contributed by atoms with van der Waals surface area (Å²) in [6, 6.07) is 8.54. The van der Waals surface area contributed by atoms with Crippen LogP contribution in [0.1, 0.15) is 49.1 Å². The third-order valence-corrected chi connectivity index (χ3v) is 4.44. The van der Waals surface area contributed by atoms with Gasteiger partial charge < -0.3 is 10.4 Å². The molecule has 1 saturated carbocycles. The minimum atomic E-state index is -0.586. The fraction of sp³-hybridized carbons (Fsp3) is 0.600.